The van der Waals surface area contributed by atoms with Gasteiger partial charge in [-0.3, -0.25) is 5.14 Å². The molecule has 0 atom stereocenters. The number of hydrogen-bond donors (Lipinski definition) is 1. The van der Waals surface area contributed by atoms with Crippen molar-refractivity contribution in [2.45, 2.75) is 43.8 Å². The first-order valence-electron chi connectivity index (χ1n) is 3.65. The van der Waals surface area contributed by atoms with Crippen LogP contribution in [0.25, 0.3) is 0 Å². The lowest BCUT2D eigenvalue weighted by molar-refractivity contribution is 0.422. The molecule has 2 N–H and O–H groups in total. The lowest BCUT2D eigenvalue weighted by Crippen LogP contribution is -2.25. The van der Waals surface area contributed by atoms with E-state index in [1.165, 1.54) is 32.1 Å². The van der Waals surface area contributed by atoms with E-state index in [0.717, 1.165) is 0 Å². The predicted molar refractivity (Wildman–Crippen MR) is 43.3 cm³/mol. The Kier molecular flexibility index (Phi) is 2.42. The summed E-state index contributed by atoms with van der Waals surface area (Å²) in [6.45, 7) is 2.27. The summed E-state index contributed by atoms with van der Waals surface area (Å²) in [7, 11) is 0. The zero-order valence-electron chi connectivity index (χ0n) is 6.02. The van der Waals surface area contributed by atoms with Gasteiger partial charge in [0, 0.05) is 4.75 Å². The Hall–Kier alpha value is 0.310. The summed E-state index contributed by atoms with van der Waals surface area (Å²) in [4.78, 5) is 0. The molecule has 0 radical (unpaired) electrons. The molecule has 0 heterocycles. The van der Waals surface area contributed by atoms with Gasteiger partial charge in [0.25, 0.3) is 0 Å². The van der Waals surface area contributed by atoms with Crippen molar-refractivity contribution in [2.75, 3.05) is 0 Å². The van der Waals surface area contributed by atoms with E-state index in [4.69, 9.17) is 5.14 Å². The SMILES string of the molecule is CC1(SN)CCCCC1. The van der Waals surface area contributed by atoms with Crippen LogP contribution in [-0.2, 0) is 0 Å². The molecule has 9 heavy (non-hydrogen) atoms. The van der Waals surface area contributed by atoms with E-state index < -0.39 is 0 Å². The van der Waals surface area contributed by atoms with Crippen LogP contribution in [-0.4, -0.2) is 4.75 Å². The van der Waals surface area contributed by atoms with E-state index in [1.54, 1.807) is 11.9 Å². The minimum absolute atomic E-state index is 0.415. The molecule has 1 fully saturated rings. The highest BCUT2D eigenvalue weighted by Gasteiger charge is 2.25. The Labute approximate surface area is 61.5 Å². The van der Waals surface area contributed by atoms with Crippen LogP contribution in [0.15, 0.2) is 0 Å². The van der Waals surface area contributed by atoms with Gasteiger partial charge < -0.3 is 0 Å². The van der Waals surface area contributed by atoms with E-state index >= 15 is 0 Å². The van der Waals surface area contributed by atoms with Crippen molar-refractivity contribution in [2.24, 2.45) is 5.14 Å². The first kappa shape index (κ1) is 7.42. The smallest absolute Gasteiger partial charge is 0.0274 e. The molecule has 1 saturated carbocycles. The molecule has 1 nitrogen and oxygen atoms in total. The first-order valence-corrected chi connectivity index (χ1v) is 4.53. The Morgan fingerprint density at radius 1 is 1.22 bits per heavy atom. The summed E-state index contributed by atoms with van der Waals surface area (Å²) >= 11 is 1.55. The molecule has 0 amide bonds. The van der Waals surface area contributed by atoms with Crippen molar-refractivity contribution in [3.8, 4) is 0 Å². The van der Waals surface area contributed by atoms with Gasteiger partial charge in [-0.15, -0.1) is 0 Å². The minimum Gasteiger partial charge on any atom is -0.277 e. The summed E-state index contributed by atoms with van der Waals surface area (Å²) < 4.78 is 0.415. The molecule has 0 saturated heterocycles. The normalized spacial score (nSPS) is 26.0. The Bertz CT molecular complexity index is 86.9. The molecule has 0 spiro atoms. The summed E-state index contributed by atoms with van der Waals surface area (Å²) in [5, 5.41) is 5.55. The highest BCUT2D eigenvalue weighted by Crippen LogP contribution is 2.36. The molecule has 1 rings (SSSR count). The van der Waals surface area contributed by atoms with Crippen LogP contribution >= 0.6 is 11.9 Å². The van der Waals surface area contributed by atoms with Gasteiger partial charge >= 0.3 is 0 Å². The fourth-order valence-electron chi connectivity index (χ4n) is 1.42. The van der Waals surface area contributed by atoms with Gasteiger partial charge in [-0.1, -0.05) is 31.2 Å². The largest absolute Gasteiger partial charge is 0.277 e. The molecule has 1 aliphatic carbocycles. The van der Waals surface area contributed by atoms with Crippen molar-refractivity contribution in [3.63, 3.8) is 0 Å². The van der Waals surface area contributed by atoms with Crippen LogP contribution in [0, 0.1) is 0 Å². The van der Waals surface area contributed by atoms with Gasteiger partial charge in [0.2, 0.25) is 0 Å². The monoisotopic (exact) mass is 145 g/mol. The highest BCUT2D eigenvalue weighted by atomic mass is 32.2. The third-order valence-corrected chi connectivity index (χ3v) is 3.17. The third kappa shape index (κ3) is 1.87. The number of nitrogens with two attached hydrogens (primary N) is 1. The van der Waals surface area contributed by atoms with Crippen molar-refractivity contribution in [3.05, 3.63) is 0 Å². The summed E-state index contributed by atoms with van der Waals surface area (Å²) in [6, 6.07) is 0. The predicted octanol–water partition coefficient (Wildman–Crippen LogP) is 2.32. The van der Waals surface area contributed by atoms with Gasteiger partial charge in [0.1, 0.15) is 0 Å². The van der Waals surface area contributed by atoms with Crippen molar-refractivity contribution in [1.82, 2.24) is 0 Å². The van der Waals surface area contributed by atoms with Crippen LogP contribution in [0.1, 0.15) is 39.0 Å². The average molecular weight is 145 g/mol. The minimum atomic E-state index is 0.415. The Morgan fingerprint density at radius 2 is 1.78 bits per heavy atom. The molecule has 0 aromatic carbocycles. The van der Waals surface area contributed by atoms with Crippen LogP contribution in [0.4, 0.5) is 0 Å². The van der Waals surface area contributed by atoms with Gasteiger partial charge in [-0.25, -0.2) is 0 Å². The molecule has 0 bridgehead atoms. The molecule has 54 valence electrons. The van der Waals surface area contributed by atoms with Gasteiger partial charge in [0.15, 0.2) is 0 Å². The fourth-order valence-corrected chi connectivity index (χ4v) is 1.94. The molecule has 0 aromatic rings. The second kappa shape index (κ2) is 2.93. The van der Waals surface area contributed by atoms with Crippen molar-refractivity contribution >= 4 is 11.9 Å². The van der Waals surface area contributed by atoms with E-state index in [2.05, 4.69) is 6.92 Å². The van der Waals surface area contributed by atoms with E-state index in [-0.39, 0.29) is 0 Å². The Balaban J connectivity index is 2.37. The maximum Gasteiger partial charge on any atom is 0.0274 e. The zero-order chi connectivity index (χ0) is 6.74. The standard InChI is InChI=1S/C7H15NS/c1-7(9-8)5-3-2-4-6-7/h2-6,8H2,1H3. The van der Waals surface area contributed by atoms with Crippen LogP contribution in [0.2, 0.25) is 0 Å². The lowest BCUT2D eigenvalue weighted by atomic mass is 9.90. The topological polar surface area (TPSA) is 26.0 Å². The van der Waals surface area contributed by atoms with Crippen LogP contribution in [0.5, 0.6) is 0 Å². The summed E-state index contributed by atoms with van der Waals surface area (Å²) in [5.74, 6) is 0. The molecule has 1 aliphatic rings. The average Bonchev–Trinajstić information content (AvgIpc) is 1.90. The number of rotatable bonds is 1. The second-order valence-corrected chi connectivity index (χ2v) is 4.35. The van der Waals surface area contributed by atoms with Gasteiger partial charge in [-0.2, -0.15) is 0 Å². The van der Waals surface area contributed by atoms with Gasteiger partial charge in [-0.05, 0) is 19.8 Å². The maximum absolute atomic E-state index is 5.55. The number of hydrogen-bond acceptors (Lipinski definition) is 2. The van der Waals surface area contributed by atoms with E-state index in [0.29, 0.717) is 4.75 Å². The quantitative estimate of drug-likeness (QED) is 0.573. The molecular weight excluding hydrogens is 130 g/mol. The highest BCUT2D eigenvalue weighted by molar-refractivity contribution is 7.98. The van der Waals surface area contributed by atoms with Crippen molar-refractivity contribution in [1.29, 1.82) is 0 Å². The molecule has 2 heteroatoms. The maximum atomic E-state index is 5.55. The third-order valence-electron chi connectivity index (χ3n) is 2.20. The molecule has 0 aliphatic heterocycles. The fraction of sp³-hybridized carbons (Fsp3) is 1.00. The van der Waals surface area contributed by atoms with E-state index in [1.807, 2.05) is 0 Å². The van der Waals surface area contributed by atoms with E-state index in [9.17, 15) is 0 Å². The van der Waals surface area contributed by atoms with Gasteiger partial charge in [0.05, 0.1) is 0 Å². The molecular formula is C7H15NS. The van der Waals surface area contributed by atoms with Crippen LogP contribution in [0.3, 0.4) is 0 Å². The molecule has 0 unspecified atom stereocenters. The first-order chi connectivity index (χ1) is 4.27. The molecule has 0 aromatic heterocycles. The van der Waals surface area contributed by atoms with Crippen molar-refractivity contribution < 1.29 is 0 Å². The zero-order valence-corrected chi connectivity index (χ0v) is 6.84. The lowest BCUT2D eigenvalue weighted by Gasteiger charge is -2.30. The second-order valence-electron chi connectivity index (χ2n) is 3.13. The van der Waals surface area contributed by atoms with Crippen LogP contribution < -0.4 is 5.14 Å². The Morgan fingerprint density at radius 3 is 2.11 bits per heavy atom. The summed E-state index contributed by atoms with van der Waals surface area (Å²) in [6.07, 6.45) is 6.79. The summed E-state index contributed by atoms with van der Waals surface area (Å²) in [5.41, 5.74) is 0.